The van der Waals surface area contributed by atoms with Crippen molar-refractivity contribution in [3.05, 3.63) is 47.0 Å². The van der Waals surface area contributed by atoms with Crippen molar-refractivity contribution < 1.29 is 4.79 Å². The molecule has 2 heterocycles. The number of benzene rings is 1. The first kappa shape index (κ1) is 16.5. The molecule has 1 aromatic heterocycles. The summed E-state index contributed by atoms with van der Waals surface area (Å²) in [5.74, 6) is 1.04. The predicted molar refractivity (Wildman–Crippen MR) is 105 cm³/mol. The van der Waals surface area contributed by atoms with Crippen LogP contribution in [0.2, 0.25) is 0 Å². The minimum atomic E-state index is 0.00837. The molecule has 0 aliphatic carbocycles. The molecule has 118 valence electrons. The van der Waals surface area contributed by atoms with Crippen molar-refractivity contribution >= 4 is 62.9 Å². The van der Waals surface area contributed by atoms with Crippen LogP contribution in [-0.4, -0.2) is 38.7 Å². The van der Waals surface area contributed by atoms with Crippen molar-refractivity contribution in [2.24, 2.45) is 0 Å². The number of carbonyl (C=O) groups is 1. The number of carbonyl (C=O) groups excluding carboxylic acids is 1. The second-order valence-corrected chi connectivity index (χ2v) is 7.76. The van der Waals surface area contributed by atoms with Crippen LogP contribution >= 0.6 is 35.7 Å². The van der Waals surface area contributed by atoms with Crippen LogP contribution in [-0.2, 0) is 4.79 Å². The van der Waals surface area contributed by atoms with Gasteiger partial charge in [-0.2, -0.15) is 11.8 Å². The fourth-order valence-electron chi connectivity index (χ4n) is 2.45. The number of rotatable bonds is 5. The highest BCUT2D eigenvalue weighted by atomic mass is 32.2. The summed E-state index contributed by atoms with van der Waals surface area (Å²) in [5.41, 5.74) is 1.86. The molecule has 0 N–H and O–H groups in total. The Kier molecular flexibility index (Phi) is 5.35. The average Bonchev–Trinajstić information content (AvgIpc) is 2.83. The normalized spacial score (nSPS) is 16.7. The molecule has 1 amide bonds. The van der Waals surface area contributed by atoms with E-state index in [0.717, 1.165) is 28.6 Å². The van der Waals surface area contributed by atoms with E-state index in [-0.39, 0.29) is 5.91 Å². The van der Waals surface area contributed by atoms with Gasteiger partial charge in [-0.3, -0.25) is 14.7 Å². The molecule has 1 aliphatic rings. The number of aromatic nitrogens is 1. The van der Waals surface area contributed by atoms with Crippen LogP contribution in [0, 0.1) is 0 Å². The summed E-state index contributed by atoms with van der Waals surface area (Å²) in [5, 5.41) is 1.07. The lowest BCUT2D eigenvalue weighted by Gasteiger charge is -2.13. The summed E-state index contributed by atoms with van der Waals surface area (Å²) in [6, 6.07) is 9.92. The van der Waals surface area contributed by atoms with E-state index in [1.807, 2.05) is 36.4 Å². The molecular formula is C17H16N2OS3. The zero-order chi connectivity index (χ0) is 16.2. The summed E-state index contributed by atoms with van der Waals surface area (Å²) in [4.78, 5) is 19.4. The van der Waals surface area contributed by atoms with E-state index in [1.54, 1.807) is 22.9 Å². The molecule has 0 atom stereocenters. The highest BCUT2D eigenvalue weighted by molar-refractivity contribution is 8.26. The summed E-state index contributed by atoms with van der Waals surface area (Å²) < 4.78 is 0.649. The Hall–Kier alpha value is -1.37. The molecule has 0 radical (unpaired) electrons. The number of para-hydroxylation sites is 1. The van der Waals surface area contributed by atoms with Gasteiger partial charge >= 0.3 is 0 Å². The number of thioether (sulfide) groups is 2. The molecule has 0 saturated carbocycles. The molecule has 0 bridgehead atoms. The van der Waals surface area contributed by atoms with Gasteiger partial charge in [0.1, 0.15) is 4.32 Å². The zero-order valence-corrected chi connectivity index (χ0v) is 15.1. The zero-order valence-electron chi connectivity index (χ0n) is 12.7. The number of nitrogens with zero attached hydrogens (tertiary/aromatic N) is 2. The van der Waals surface area contributed by atoms with Crippen molar-refractivity contribution in [2.45, 2.75) is 6.42 Å². The van der Waals surface area contributed by atoms with E-state index in [4.69, 9.17) is 12.2 Å². The Morgan fingerprint density at radius 2 is 2.17 bits per heavy atom. The third-order valence-corrected chi connectivity index (χ3v) is 5.63. The Morgan fingerprint density at radius 3 is 3.00 bits per heavy atom. The van der Waals surface area contributed by atoms with E-state index in [2.05, 4.69) is 11.2 Å². The lowest BCUT2D eigenvalue weighted by Crippen LogP contribution is -2.29. The van der Waals surface area contributed by atoms with Gasteiger partial charge in [0.25, 0.3) is 5.91 Å². The van der Waals surface area contributed by atoms with Gasteiger partial charge in [0.15, 0.2) is 0 Å². The third kappa shape index (κ3) is 3.59. The van der Waals surface area contributed by atoms with Crippen LogP contribution in [0.4, 0.5) is 0 Å². The Balaban J connectivity index is 1.88. The number of amides is 1. The maximum Gasteiger partial charge on any atom is 0.266 e. The van der Waals surface area contributed by atoms with Gasteiger partial charge in [0.05, 0.1) is 10.4 Å². The number of thiocarbonyl (C=S) groups is 1. The highest BCUT2D eigenvalue weighted by Gasteiger charge is 2.31. The maximum atomic E-state index is 12.6. The molecule has 23 heavy (non-hydrogen) atoms. The van der Waals surface area contributed by atoms with Crippen LogP contribution in [0.25, 0.3) is 17.0 Å². The minimum Gasteiger partial charge on any atom is -0.293 e. The van der Waals surface area contributed by atoms with Crippen molar-refractivity contribution in [1.29, 1.82) is 0 Å². The first-order valence-electron chi connectivity index (χ1n) is 7.29. The maximum absolute atomic E-state index is 12.6. The van der Waals surface area contributed by atoms with E-state index in [9.17, 15) is 4.79 Å². The highest BCUT2D eigenvalue weighted by Crippen LogP contribution is 2.33. The van der Waals surface area contributed by atoms with Crippen LogP contribution in [0.3, 0.4) is 0 Å². The summed E-state index contributed by atoms with van der Waals surface area (Å²) >= 11 is 8.52. The lowest BCUT2D eigenvalue weighted by molar-refractivity contribution is -0.122. The molecule has 1 aromatic carbocycles. The molecular weight excluding hydrogens is 344 g/mol. The van der Waals surface area contributed by atoms with Gasteiger partial charge in [0, 0.05) is 23.7 Å². The molecule has 6 heteroatoms. The number of pyridine rings is 1. The Labute approximate surface area is 149 Å². The van der Waals surface area contributed by atoms with Crippen molar-refractivity contribution in [3.63, 3.8) is 0 Å². The fraction of sp³-hybridized carbons (Fsp3) is 0.235. The monoisotopic (exact) mass is 360 g/mol. The average molecular weight is 361 g/mol. The predicted octanol–water partition coefficient (Wildman–Crippen LogP) is 4.19. The molecule has 2 aromatic rings. The molecule has 1 saturated heterocycles. The van der Waals surface area contributed by atoms with Gasteiger partial charge in [0.2, 0.25) is 0 Å². The smallest absolute Gasteiger partial charge is 0.266 e. The minimum absolute atomic E-state index is 0.00837. The van der Waals surface area contributed by atoms with Gasteiger partial charge in [-0.25, -0.2) is 0 Å². The summed E-state index contributed by atoms with van der Waals surface area (Å²) in [6.45, 7) is 0.691. The molecule has 3 nitrogen and oxygen atoms in total. The van der Waals surface area contributed by atoms with Crippen LogP contribution in [0.1, 0.15) is 12.0 Å². The molecule has 0 unspecified atom stereocenters. The van der Waals surface area contributed by atoms with Crippen molar-refractivity contribution in [2.75, 3.05) is 18.6 Å². The molecule has 1 aliphatic heterocycles. The quantitative estimate of drug-likeness (QED) is 0.454. The van der Waals surface area contributed by atoms with Crippen LogP contribution < -0.4 is 0 Å². The molecule has 0 spiro atoms. The van der Waals surface area contributed by atoms with E-state index in [0.29, 0.717) is 15.8 Å². The topological polar surface area (TPSA) is 33.2 Å². The van der Waals surface area contributed by atoms with Gasteiger partial charge < -0.3 is 0 Å². The van der Waals surface area contributed by atoms with Gasteiger partial charge in [-0.1, -0.05) is 48.2 Å². The summed E-state index contributed by atoms with van der Waals surface area (Å²) in [7, 11) is 0. The Morgan fingerprint density at radius 1 is 1.35 bits per heavy atom. The summed E-state index contributed by atoms with van der Waals surface area (Å²) in [6.07, 6.45) is 6.70. The van der Waals surface area contributed by atoms with E-state index >= 15 is 0 Å². The van der Waals surface area contributed by atoms with Gasteiger partial charge in [-0.05, 0) is 30.6 Å². The van der Waals surface area contributed by atoms with E-state index in [1.165, 1.54) is 11.8 Å². The fourth-order valence-corrected chi connectivity index (χ4v) is 4.16. The standard InChI is InChI=1S/C17H16N2OS3/c1-22-10-4-9-19-16(20)14(23-17(19)21)11-13-6-2-5-12-7-3-8-18-15(12)13/h2-3,5-8,11H,4,9-10H2,1H3/b14-11+. The van der Waals surface area contributed by atoms with Crippen LogP contribution in [0.15, 0.2) is 41.4 Å². The number of fused-ring (bicyclic) bond motifs is 1. The first-order chi connectivity index (χ1) is 11.2. The van der Waals surface area contributed by atoms with Gasteiger partial charge in [-0.15, -0.1) is 0 Å². The SMILES string of the molecule is CSCCCN1C(=O)/C(=C\c2cccc3cccnc23)SC1=S. The number of hydrogen-bond acceptors (Lipinski definition) is 5. The second-order valence-electron chi connectivity index (χ2n) is 5.10. The largest absolute Gasteiger partial charge is 0.293 e. The van der Waals surface area contributed by atoms with E-state index < -0.39 is 0 Å². The Bertz CT molecular complexity index is 783. The molecule has 3 rings (SSSR count). The van der Waals surface area contributed by atoms with Crippen molar-refractivity contribution in [1.82, 2.24) is 9.88 Å². The number of hydrogen-bond donors (Lipinski definition) is 0. The lowest BCUT2D eigenvalue weighted by atomic mass is 10.1. The van der Waals surface area contributed by atoms with Crippen molar-refractivity contribution in [3.8, 4) is 0 Å². The van der Waals surface area contributed by atoms with Crippen LogP contribution in [0.5, 0.6) is 0 Å². The molecule has 1 fully saturated rings. The first-order valence-corrected chi connectivity index (χ1v) is 9.90. The second kappa shape index (κ2) is 7.47. The third-order valence-electron chi connectivity index (χ3n) is 3.55.